The summed E-state index contributed by atoms with van der Waals surface area (Å²) >= 11 is 0. The predicted octanol–water partition coefficient (Wildman–Crippen LogP) is 4.07. The van der Waals surface area contributed by atoms with Crippen LogP contribution in [-0.4, -0.2) is 18.6 Å². The number of pyridine rings is 1. The molecule has 0 radical (unpaired) electrons. The molecule has 1 aromatic heterocycles. The molecule has 0 bridgehead atoms. The molecular formula is C17H24N2O. The molecule has 0 aliphatic heterocycles. The van der Waals surface area contributed by atoms with E-state index in [0.29, 0.717) is 6.61 Å². The lowest BCUT2D eigenvalue weighted by Crippen LogP contribution is -2.07. The maximum absolute atomic E-state index is 5.29. The van der Waals surface area contributed by atoms with Gasteiger partial charge in [0.1, 0.15) is 0 Å². The van der Waals surface area contributed by atoms with Crippen LogP contribution in [0.25, 0.3) is 10.9 Å². The van der Waals surface area contributed by atoms with Gasteiger partial charge in [-0.1, -0.05) is 32.0 Å². The summed E-state index contributed by atoms with van der Waals surface area (Å²) in [6.45, 7) is 8.05. The Morgan fingerprint density at radius 1 is 1.25 bits per heavy atom. The van der Waals surface area contributed by atoms with Gasteiger partial charge in [0.05, 0.1) is 12.1 Å². The van der Waals surface area contributed by atoms with E-state index in [1.165, 1.54) is 16.6 Å². The lowest BCUT2D eigenvalue weighted by atomic mass is 10.0. The van der Waals surface area contributed by atoms with E-state index >= 15 is 0 Å². The topological polar surface area (TPSA) is 34.2 Å². The number of ether oxygens (including phenoxy) is 1. The third kappa shape index (κ3) is 2.78. The molecule has 1 aromatic carbocycles. The fraction of sp³-hybridized carbons (Fsp3) is 0.471. The van der Waals surface area contributed by atoms with Gasteiger partial charge in [-0.15, -0.1) is 0 Å². The molecule has 0 aliphatic rings. The molecule has 0 aliphatic carbocycles. The van der Waals surface area contributed by atoms with Crippen LogP contribution in [-0.2, 0) is 17.8 Å². The summed E-state index contributed by atoms with van der Waals surface area (Å²) in [5, 5.41) is 4.79. The lowest BCUT2D eigenvalue weighted by molar-refractivity contribution is 0.186. The van der Waals surface area contributed by atoms with Crippen LogP contribution >= 0.6 is 0 Å². The number of anilines is 1. The van der Waals surface area contributed by atoms with Gasteiger partial charge < -0.3 is 10.1 Å². The number of nitrogens with zero attached hydrogens (tertiary/aromatic N) is 1. The number of fused-ring (bicyclic) bond motifs is 1. The fourth-order valence-corrected chi connectivity index (χ4v) is 2.66. The highest BCUT2D eigenvalue weighted by atomic mass is 16.5. The van der Waals surface area contributed by atoms with Gasteiger partial charge >= 0.3 is 0 Å². The fourth-order valence-electron chi connectivity index (χ4n) is 2.66. The Kier molecular flexibility index (Phi) is 4.96. The van der Waals surface area contributed by atoms with Crippen molar-refractivity contribution in [2.45, 2.75) is 40.2 Å². The van der Waals surface area contributed by atoms with E-state index in [0.717, 1.165) is 36.2 Å². The molecular weight excluding hydrogens is 248 g/mol. The number of aromatic nitrogens is 1. The third-order valence-corrected chi connectivity index (χ3v) is 3.61. The highest BCUT2D eigenvalue weighted by Crippen LogP contribution is 2.31. The molecule has 108 valence electrons. The Bertz CT molecular complexity index is 593. The van der Waals surface area contributed by atoms with Crippen molar-refractivity contribution < 1.29 is 4.74 Å². The van der Waals surface area contributed by atoms with Gasteiger partial charge in [-0.3, -0.25) is 4.98 Å². The molecule has 0 atom stereocenters. The number of benzene rings is 1. The van der Waals surface area contributed by atoms with Crippen molar-refractivity contribution in [2.75, 3.05) is 19.0 Å². The van der Waals surface area contributed by atoms with Crippen molar-refractivity contribution in [3.05, 3.63) is 35.0 Å². The molecule has 2 rings (SSSR count). The van der Waals surface area contributed by atoms with Crippen LogP contribution in [0.15, 0.2) is 18.2 Å². The van der Waals surface area contributed by atoms with Crippen LogP contribution in [0, 0.1) is 6.92 Å². The second kappa shape index (κ2) is 6.71. The molecule has 0 amide bonds. The molecule has 2 aromatic rings. The van der Waals surface area contributed by atoms with E-state index in [1.807, 2.05) is 0 Å². The van der Waals surface area contributed by atoms with Crippen molar-refractivity contribution in [3.63, 3.8) is 0 Å². The minimum absolute atomic E-state index is 0.600. The Balaban J connectivity index is 2.67. The largest absolute Gasteiger partial charge is 0.384 e. The maximum atomic E-state index is 5.29. The lowest BCUT2D eigenvalue weighted by Gasteiger charge is -2.17. The molecule has 3 nitrogen and oxygen atoms in total. The summed E-state index contributed by atoms with van der Waals surface area (Å²) in [5.41, 5.74) is 5.88. The van der Waals surface area contributed by atoms with Gasteiger partial charge in [0.25, 0.3) is 0 Å². The second-order valence-corrected chi connectivity index (χ2v) is 5.08. The smallest absolute Gasteiger partial charge is 0.0781 e. The van der Waals surface area contributed by atoms with E-state index in [1.54, 1.807) is 7.11 Å². The average Bonchev–Trinajstić information content (AvgIpc) is 2.45. The zero-order valence-electron chi connectivity index (χ0n) is 12.9. The second-order valence-electron chi connectivity index (χ2n) is 5.08. The monoisotopic (exact) mass is 272 g/mol. The van der Waals surface area contributed by atoms with Crippen LogP contribution in [0.2, 0.25) is 0 Å². The van der Waals surface area contributed by atoms with Crippen molar-refractivity contribution in [3.8, 4) is 0 Å². The number of hydrogen-bond acceptors (Lipinski definition) is 3. The minimum Gasteiger partial charge on any atom is -0.384 e. The molecule has 0 unspecified atom stereocenters. The van der Waals surface area contributed by atoms with Crippen LogP contribution < -0.4 is 5.32 Å². The Labute approximate surface area is 121 Å². The number of aryl methyl sites for hydroxylation is 1. The number of rotatable bonds is 6. The third-order valence-electron chi connectivity index (χ3n) is 3.61. The van der Waals surface area contributed by atoms with E-state index in [9.17, 15) is 0 Å². The van der Waals surface area contributed by atoms with Gasteiger partial charge in [0.2, 0.25) is 0 Å². The van der Waals surface area contributed by atoms with Gasteiger partial charge in [0.15, 0.2) is 0 Å². The molecule has 0 saturated heterocycles. The van der Waals surface area contributed by atoms with E-state index < -0.39 is 0 Å². The van der Waals surface area contributed by atoms with Crippen LogP contribution in [0.3, 0.4) is 0 Å². The summed E-state index contributed by atoms with van der Waals surface area (Å²) in [6, 6.07) is 6.33. The zero-order valence-corrected chi connectivity index (χ0v) is 12.9. The highest BCUT2D eigenvalue weighted by Gasteiger charge is 2.13. The molecule has 1 heterocycles. The molecule has 3 heteroatoms. The Hall–Kier alpha value is -1.61. The SMILES string of the molecule is CCCNc1c(CC)c(C)nc2c(COC)cccc12. The van der Waals surface area contributed by atoms with Gasteiger partial charge in [0, 0.05) is 36.0 Å². The summed E-state index contributed by atoms with van der Waals surface area (Å²) in [6.07, 6.45) is 2.11. The van der Waals surface area contributed by atoms with Crippen LogP contribution in [0.1, 0.15) is 37.1 Å². The molecule has 20 heavy (non-hydrogen) atoms. The first kappa shape index (κ1) is 14.8. The number of methoxy groups -OCH3 is 1. The number of para-hydroxylation sites is 1. The molecule has 0 saturated carbocycles. The van der Waals surface area contributed by atoms with Crippen molar-refractivity contribution in [2.24, 2.45) is 0 Å². The average molecular weight is 272 g/mol. The summed E-state index contributed by atoms with van der Waals surface area (Å²) in [4.78, 5) is 4.81. The first-order valence-corrected chi connectivity index (χ1v) is 7.36. The minimum atomic E-state index is 0.600. The Morgan fingerprint density at radius 3 is 2.70 bits per heavy atom. The van der Waals surface area contributed by atoms with Gasteiger partial charge in [-0.05, 0) is 25.3 Å². The predicted molar refractivity (Wildman–Crippen MR) is 85.4 cm³/mol. The Morgan fingerprint density at radius 2 is 2.05 bits per heavy atom. The van der Waals surface area contributed by atoms with E-state index in [-0.39, 0.29) is 0 Å². The van der Waals surface area contributed by atoms with E-state index in [4.69, 9.17) is 9.72 Å². The zero-order chi connectivity index (χ0) is 14.5. The van der Waals surface area contributed by atoms with Crippen molar-refractivity contribution >= 4 is 16.6 Å². The summed E-state index contributed by atoms with van der Waals surface area (Å²) in [7, 11) is 1.72. The molecule has 0 fully saturated rings. The standard InChI is InChI=1S/C17H24N2O/c1-5-10-18-17-14(6-2)12(3)19-16-13(11-20-4)8-7-9-15(16)17/h7-9H,5-6,10-11H2,1-4H3,(H,18,19). The van der Waals surface area contributed by atoms with Crippen molar-refractivity contribution in [1.29, 1.82) is 0 Å². The summed E-state index contributed by atoms with van der Waals surface area (Å²) < 4.78 is 5.29. The quantitative estimate of drug-likeness (QED) is 0.860. The number of nitrogens with one attached hydrogen (secondary N) is 1. The van der Waals surface area contributed by atoms with Crippen molar-refractivity contribution in [1.82, 2.24) is 4.98 Å². The van der Waals surface area contributed by atoms with Crippen LogP contribution in [0.4, 0.5) is 5.69 Å². The maximum Gasteiger partial charge on any atom is 0.0781 e. The van der Waals surface area contributed by atoms with E-state index in [2.05, 4.69) is 44.3 Å². The summed E-state index contributed by atoms with van der Waals surface area (Å²) in [5.74, 6) is 0. The molecule has 1 N–H and O–H groups in total. The highest BCUT2D eigenvalue weighted by molar-refractivity contribution is 5.95. The van der Waals surface area contributed by atoms with Crippen LogP contribution in [0.5, 0.6) is 0 Å². The molecule has 0 spiro atoms. The first-order valence-electron chi connectivity index (χ1n) is 7.36. The first-order chi connectivity index (χ1) is 9.72. The normalized spacial score (nSPS) is 11.0. The van der Waals surface area contributed by atoms with Gasteiger partial charge in [-0.2, -0.15) is 0 Å². The number of hydrogen-bond donors (Lipinski definition) is 1. The van der Waals surface area contributed by atoms with Gasteiger partial charge in [-0.25, -0.2) is 0 Å².